The zero-order valence-corrected chi connectivity index (χ0v) is 12.0. The molecular formula is C12H14Cl3NO. The Morgan fingerprint density at radius 2 is 1.59 bits per heavy atom. The molecule has 0 radical (unpaired) electrons. The number of amides is 1. The van der Waals surface area contributed by atoms with Crippen LogP contribution in [-0.2, 0) is 3.79 Å². The van der Waals surface area contributed by atoms with Gasteiger partial charge in [0.2, 0.25) is 3.79 Å². The third kappa shape index (κ3) is 3.77. The van der Waals surface area contributed by atoms with Crippen molar-refractivity contribution in [2.24, 2.45) is 0 Å². The van der Waals surface area contributed by atoms with Crippen molar-refractivity contribution in [2.75, 3.05) is 13.1 Å². The van der Waals surface area contributed by atoms with E-state index in [0.717, 1.165) is 0 Å². The number of alkyl halides is 3. The summed E-state index contributed by atoms with van der Waals surface area (Å²) in [5.41, 5.74) is 1.16. The van der Waals surface area contributed by atoms with Crippen LogP contribution in [0.3, 0.4) is 0 Å². The van der Waals surface area contributed by atoms with Crippen LogP contribution in [0, 0.1) is 0 Å². The largest absolute Gasteiger partial charge is 0.339 e. The van der Waals surface area contributed by atoms with Crippen molar-refractivity contribution in [1.82, 2.24) is 4.90 Å². The number of hydrogen-bond acceptors (Lipinski definition) is 1. The fourth-order valence-electron chi connectivity index (χ4n) is 1.50. The highest BCUT2D eigenvalue weighted by molar-refractivity contribution is 6.66. The maximum absolute atomic E-state index is 12.0. The van der Waals surface area contributed by atoms with E-state index in [1.807, 2.05) is 13.8 Å². The molecule has 0 aliphatic rings. The van der Waals surface area contributed by atoms with Gasteiger partial charge >= 0.3 is 0 Å². The number of hydrogen-bond donors (Lipinski definition) is 0. The van der Waals surface area contributed by atoms with Gasteiger partial charge in [0.05, 0.1) is 0 Å². The Hall–Kier alpha value is -0.440. The summed E-state index contributed by atoms with van der Waals surface area (Å²) in [6, 6.07) is 6.67. The minimum atomic E-state index is -1.45. The molecule has 1 aromatic carbocycles. The van der Waals surface area contributed by atoms with E-state index in [1.165, 1.54) is 0 Å². The summed E-state index contributed by atoms with van der Waals surface area (Å²) < 4.78 is -1.45. The Morgan fingerprint density at radius 3 is 1.94 bits per heavy atom. The van der Waals surface area contributed by atoms with E-state index in [4.69, 9.17) is 34.8 Å². The molecule has 0 aliphatic heterocycles. The van der Waals surface area contributed by atoms with Crippen molar-refractivity contribution in [3.8, 4) is 0 Å². The van der Waals surface area contributed by atoms with E-state index in [1.54, 1.807) is 29.2 Å². The first kappa shape index (κ1) is 14.6. The lowest BCUT2D eigenvalue weighted by Crippen LogP contribution is -2.30. The molecule has 0 heterocycles. The maximum atomic E-state index is 12.0. The molecule has 0 saturated heterocycles. The third-order valence-corrected chi connectivity index (χ3v) is 3.16. The first-order valence-corrected chi connectivity index (χ1v) is 6.50. The van der Waals surface area contributed by atoms with Crippen LogP contribution in [-0.4, -0.2) is 23.9 Å². The second-order valence-corrected chi connectivity index (χ2v) is 5.83. The quantitative estimate of drug-likeness (QED) is 0.772. The molecule has 0 N–H and O–H groups in total. The Balaban J connectivity index is 2.91. The second-order valence-electron chi connectivity index (χ2n) is 3.55. The first-order valence-electron chi connectivity index (χ1n) is 5.36. The van der Waals surface area contributed by atoms with Gasteiger partial charge in [0.1, 0.15) is 0 Å². The molecule has 17 heavy (non-hydrogen) atoms. The van der Waals surface area contributed by atoms with E-state index in [0.29, 0.717) is 24.2 Å². The maximum Gasteiger partial charge on any atom is 0.253 e. The van der Waals surface area contributed by atoms with Crippen LogP contribution < -0.4 is 0 Å². The van der Waals surface area contributed by atoms with E-state index in [9.17, 15) is 4.79 Å². The van der Waals surface area contributed by atoms with E-state index in [2.05, 4.69) is 0 Å². The SMILES string of the molecule is CCN(CC)C(=O)c1ccc(C(Cl)(Cl)Cl)cc1. The summed E-state index contributed by atoms with van der Waals surface area (Å²) in [5, 5.41) is 0. The highest BCUT2D eigenvalue weighted by atomic mass is 35.6. The molecule has 0 spiro atoms. The summed E-state index contributed by atoms with van der Waals surface area (Å²) in [6.45, 7) is 5.25. The van der Waals surface area contributed by atoms with Gasteiger partial charge in [0.15, 0.2) is 0 Å². The monoisotopic (exact) mass is 293 g/mol. The van der Waals surface area contributed by atoms with Gasteiger partial charge in [-0.15, -0.1) is 0 Å². The van der Waals surface area contributed by atoms with E-state index >= 15 is 0 Å². The standard InChI is InChI=1S/C12H14Cl3NO/c1-3-16(4-2)11(17)9-5-7-10(8-6-9)12(13,14)15/h5-8H,3-4H2,1-2H3. The zero-order valence-electron chi connectivity index (χ0n) is 9.71. The molecule has 2 nitrogen and oxygen atoms in total. The van der Waals surface area contributed by atoms with Crippen LogP contribution in [0.4, 0.5) is 0 Å². The van der Waals surface area contributed by atoms with Crippen molar-refractivity contribution in [3.63, 3.8) is 0 Å². The normalized spacial score (nSPS) is 11.4. The van der Waals surface area contributed by atoms with Crippen molar-refractivity contribution >= 4 is 40.7 Å². The molecular weight excluding hydrogens is 280 g/mol. The van der Waals surface area contributed by atoms with E-state index in [-0.39, 0.29) is 5.91 Å². The predicted octanol–water partition coefficient (Wildman–Crippen LogP) is 4.00. The second kappa shape index (κ2) is 5.94. The van der Waals surface area contributed by atoms with Crippen LogP contribution in [0.2, 0.25) is 0 Å². The van der Waals surface area contributed by atoms with Gasteiger partial charge in [-0.1, -0.05) is 46.9 Å². The smallest absolute Gasteiger partial charge is 0.253 e. The molecule has 0 aliphatic carbocycles. The molecule has 1 aromatic rings. The number of rotatable bonds is 3. The van der Waals surface area contributed by atoms with Crippen molar-refractivity contribution in [2.45, 2.75) is 17.6 Å². The van der Waals surface area contributed by atoms with Crippen LogP contribution >= 0.6 is 34.8 Å². The average molecular weight is 295 g/mol. The first-order chi connectivity index (χ1) is 7.90. The third-order valence-electron chi connectivity index (χ3n) is 2.51. The van der Waals surface area contributed by atoms with Crippen molar-refractivity contribution in [3.05, 3.63) is 35.4 Å². The minimum Gasteiger partial charge on any atom is -0.339 e. The zero-order chi connectivity index (χ0) is 13.1. The van der Waals surface area contributed by atoms with Gasteiger partial charge in [0.25, 0.3) is 5.91 Å². The summed E-state index contributed by atoms with van der Waals surface area (Å²) in [6.07, 6.45) is 0. The summed E-state index contributed by atoms with van der Waals surface area (Å²) in [5.74, 6) is -0.00846. The lowest BCUT2D eigenvalue weighted by Gasteiger charge is -2.19. The summed E-state index contributed by atoms with van der Waals surface area (Å²) in [4.78, 5) is 13.7. The lowest BCUT2D eigenvalue weighted by molar-refractivity contribution is 0.0773. The number of halogens is 3. The molecule has 0 saturated carbocycles. The fourth-order valence-corrected chi connectivity index (χ4v) is 1.87. The Kier molecular flexibility index (Phi) is 5.11. The number of carbonyl (C=O) groups is 1. The molecule has 1 amide bonds. The van der Waals surface area contributed by atoms with Gasteiger partial charge in [0, 0.05) is 24.2 Å². The van der Waals surface area contributed by atoms with Crippen molar-refractivity contribution < 1.29 is 4.79 Å². The van der Waals surface area contributed by atoms with E-state index < -0.39 is 3.79 Å². The Labute approximate surface area is 116 Å². The highest BCUT2D eigenvalue weighted by Crippen LogP contribution is 2.38. The molecule has 0 bridgehead atoms. The Bertz CT molecular complexity index is 380. The number of benzene rings is 1. The molecule has 94 valence electrons. The molecule has 1 rings (SSSR count). The average Bonchev–Trinajstić information content (AvgIpc) is 2.29. The van der Waals surface area contributed by atoms with Gasteiger partial charge in [-0.25, -0.2) is 0 Å². The molecule has 0 fully saturated rings. The van der Waals surface area contributed by atoms with Gasteiger partial charge in [-0.3, -0.25) is 4.79 Å². The number of nitrogens with zero attached hydrogens (tertiary/aromatic N) is 1. The lowest BCUT2D eigenvalue weighted by atomic mass is 10.1. The fraction of sp³-hybridized carbons (Fsp3) is 0.417. The molecule has 0 atom stereocenters. The van der Waals surface area contributed by atoms with Crippen LogP contribution in [0.15, 0.2) is 24.3 Å². The van der Waals surface area contributed by atoms with Crippen LogP contribution in [0.5, 0.6) is 0 Å². The predicted molar refractivity (Wildman–Crippen MR) is 72.9 cm³/mol. The molecule has 0 aromatic heterocycles. The Morgan fingerprint density at radius 1 is 1.12 bits per heavy atom. The van der Waals surface area contributed by atoms with Crippen molar-refractivity contribution in [1.29, 1.82) is 0 Å². The van der Waals surface area contributed by atoms with Gasteiger partial charge in [-0.05, 0) is 26.0 Å². The van der Waals surface area contributed by atoms with Gasteiger partial charge < -0.3 is 4.90 Å². The molecule has 0 unspecified atom stereocenters. The van der Waals surface area contributed by atoms with Gasteiger partial charge in [-0.2, -0.15) is 0 Å². The number of carbonyl (C=O) groups excluding carboxylic acids is 1. The van der Waals surface area contributed by atoms with Crippen LogP contribution in [0.25, 0.3) is 0 Å². The highest BCUT2D eigenvalue weighted by Gasteiger charge is 2.23. The summed E-state index contributed by atoms with van der Waals surface area (Å²) >= 11 is 17.2. The minimum absolute atomic E-state index is 0.00846. The van der Waals surface area contributed by atoms with Crippen LogP contribution in [0.1, 0.15) is 29.8 Å². The molecule has 5 heteroatoms. The summed E-state index contributed by atoms with van der Waals surface area (Å²) in [7, 11) is 0. The topological polar surface area (TPSA) is 20.3 Å².